The summed E-state index contributed by atoms with van der Waals surface area (Å²) in [6.45, 7) is 3.40. The minimum atomic E-state index is -0.0407. The van der Waals surface area contributed by atoms with E-state index in [2.05, 4.69) is 16.9 Å². The molecule has 2 aromatic rings. The van der Waals surface area contributed by atoms with Crippen LogP contribution in [0.3, 0.4) is 0 Å². The summed E-state index contributed by atoms with van der Waals surface area (Å²) in [6, 6.07) is 8.96. The smallest absolute Gasteiger partial charge is 0.272 e. The van der Waals surface area contributed by atoms with Crippen LogP contribution in [-0.4, -0.2) is 67.1 Å². The molecule has 1 amide bonds. The third-order valence-corrected chi connectivity index (χ3v) is 4.51. The second-order valence-electron chi connectivity index (χ2n) is 6.41. The number of fused-ring (bicyclic) bond motifs is 1. The quantitative estimate of drug-likeness (QED) is 0.883. The van der Waals surface area contributed by atoms with Crippen LogP contribution in [0.2, 0.25) is 0 Å². The lowest BCUT2D eigenvalue weighted by Gasteiger charge is -2.32. The van der Waals surface area contributed by atoms with Gasteiger partial charge in [-0.15, -0.1) is 0 Å². The number of benzene rings is 1. The van der Waals surface area contributed by atoms with E-state index >= 15 is 0 Å². The second kappa shape index (κ2) is 8.25. The molecule has 1 aromatic heterocycles. The number of nitrogens with zero attached hydrogens (tertiary/aromatic N) is 3. The minimum Gasteiger partial charge on any atom is -0.489 e. The van der Waals surface area contributed by atoms with Crippen molar-refractivity contribution in [3.63, 3.8) is 0 Å². The topological polar surface area (TPSA) is 71.7 Å². The monoisotopic (exact) mass is 358 g/mol. The maximum atomic E-state index is 12.6. The van der Waals surface area contributed by atoms with Gasteiger partial charge in [-0.25, -0.2) is 9.37 Å². The molecule has 26 heavy (non-hydrogen) atoms. The summed E-state index contributed by atoms with van der Waals surface area (Å²) >= 11 is 0. The van der Waals surface area contributed by atoms with Crippen molar-refractivity contribution in [2.24, 2.45) is 5.73 Å². The molecule has 0 aliphatic carbocycles. The lowest BCUT2D eigenvalue weighted by Crippen LogP contribution is -2.47. The van der Waals surface area contributed by atoms with E-state index in [-0.39, 0.29) is 19.1 Å². The first-order valence-corrected chi connectivity index (χ1v) is 8.60. The van der Waals surface area contributed by atoms with E-state index in [1.54, 1.807) is 18.2 Å². The van der Waals surface area contributed by atoms with E-state index < -0.39 is 0 Å². The minimum absolute atomic E-state index is 0.0407. The standard InChI is InChI=1S/C19H23FN4O2/c1-23-6-8-24(9-7-23)19(25)18-4-2-15-10-16(3-5-17(15)22-18)26-13-14(11-20)12-21/h2-5,10-11H,6-9,12-13,21H2,1H3/b14-11+. The van der Waals surface area contributed by atoms with Gasteiger partial charge >= 0.3 is 0 Å². The molecule has 0 radical (unpaired) electrons. The molecule has 1 saturated heterocycles. The molecular weight excluding hydrogens is 335 g/mol. The van der Waals surface area contributed by atoms with Crippen molar-refractivity contribution >= 4 is 16.8 Å². The first-order chi connectivity index (χ1) is 12.6. The Kier molecular flexibility index (Phi) is 5.80. The predicted molar refractivity (Wildman–Crippen MR) is 98.9 cm³/mol. The molecule has 6 nitrogen and oxygen atoms in total. The molecule has 2 heterocycles. The largest absolute Gasteiger partial charge is 0.489 e. The van der Waals surface area contributed by atoms with Crippen molar-refractivity contribution < 1.29 is 13.9 Å². The average Bonchev–Trinajstić information content (AvgIpc) is 2.68. The number of halogens is 1. The summed E-state index contributed by atoms with van der Waals surface area (Å²) in [5.41, 5.74) is 6.97. The summed E-state index contributed by atoms with van der Waals surface area (Å²) in [4.78, 5) is 21.2. The van der Waals surface area contributed by atoms with Crippen molar-refractivity contribution in [3.05, 3.63) is 47.9 Å². The lowest BCUT2D eigenvalue weighted by molar-refractivity contribution is 0.0658. The highest BCUT2D eigenvalue weighted by Crippen LogP contribution is 2.21. The number of nitrogens with two attached hydrogens (primary N) is 1. The van der Waals surface area contributed by atoms with Gasteiger partial charge in [-0.3, -0.25) is 4.79 Å². The molecule has 1 aromatic carbocycles. The van der Waals surface area contributed by atoms with Gasteiger partial charge in [0.1, 0.15) is 18.1 Å². The summed E-state index contributed by atoms with van der Waals surface area (Å²) < 4.78 is 18.1. The number of carbonyl (C=O) groups excluding carboxylic acids is 1. The van der Waals surface area contributed by atoms with Gasteiger partial charge in [0.15, 0.2) is 0 Å². The second-order valence-corrected chi connectivity index (χ2v) is 6.41. The van der Waals surface area contributed by atoms with Crippen molar-refractivity contribution in [2.75, 3.05) is 46.4 Å². The number of rotatable bonds is 5. The van der Waals surface area contributed by atoms with E-state index in [0.717, 1.165) is 24.0 Å². The van der Waals surface area contributed by atoms with Crippen LogP contribution in [0.1, 0.15) is 10.5 Å². The Morgan fingerprint density at radius 3 is 2.73 bits per heavy atom. The van der Waals surface area contributed by atoms with Gasteiger partial charge in [0.2, 0.25) is 0 Å². The number of pyridine rings is 1. The number of hydrogen-bond donors (Lipinski definition) is 1. The molecule has 2 N–H and O–H groups in total. The van der Waals surface area contributed by atoms with E-state index in [1.807, 2.05) is 17.0 Å². The highest BCUT2D eigenvalue weighted by molar-refractivity contribution is 5.95. The van der Waals surface area contributed by atoms with Crippen LogP contribution in [0.5, 0.6) is 5.75 Å². The zero-order valence-corrected chi connectivity index (χ0v) is 14.8. The number of amides is 1. The maximum absolute atomic E-state index is 12.6. The van der Waals surface area contributed by atoms with Crippen molar-refractivity contribution in [3.8, 4) is 5.75 Å². The SMILES string of the molecule is CN1CCN(C(=O)c2ccc3cc(OC/C(=C/F)CN)ccc3n2)CC1. The zero-order valence-electron chi connectivity index (χ0n) is 14.8. The maximum Gasteiger partial charge on any atom is 0.272 e. The summed E-state index contributed by atoms with van der Waals surface area (Å²) in [7, 11) is 2.05. The van der Waals surface area contributed by atoms with Crippen LogP contribution in [0.15, 0.2) is 42.2 Å². The molecule has 1 aliphatic heterocycles. The third-order valence-electron chi connectivity index (χ3n) is 4.51. The van der Waals surface area contributed by atoms with E-state index in [9.17, 15) is 9.18 Å². The molecule has 1 fully saturated rings. The van der Waals surface area contributed by atoms with Crippen LogP contribution >= 0.6 is 0 Å². The van der Waals surface area contributed by atoms with Crippen LogP contribution in [-0.2, 0) is 0 Å². The number of aromatic nitrogens is 1. The fourth-order valence-corrected chi connectivity index (χ4v) is 2.80. The Bertz CT molecular complexity index is 816. The summed E-state index contributed by atoms with van der Waals surface area (Å²) in [5, 5.41) is 0.857. The Labute approximate surface area is 152 Å². The number of hydrogen-bond acceptors (Lipinski definition) is 5. The molecule has 7 heteroatoms. The molecule has 138 valence electrons. The van der Waals surface area contributed by atoms with Crippen LogP contribution < -0.4 is 10.5 Å². The van der Waals surface area contributed by atoms with Gasteiger partial charge in [0.25, 0.3) is 5.91 Å². The zero-order chi connectivity index (χ0) is 18.5. The number of ether oxygens (including phenoxy) is 1. The fraction of sp³-hybridized carbons (Fsp3) is 0.368. The van der Waals surface area contributed by atoms with E-state index in [4.69, 9.17) is 10.5 Å². The Balaban J connectivity index is 1.73. The lowest BCUT2D eigenvalue weighted by atomic mass is 10.1. The molecule has 0 saturated carbocycles. The third kappa shape index (κ3) is 4.17. The first kappa shape index (κ1) is 18.3. The summed E-state index contributed by atoms with van der Waals surface area (Å²) in [5.74, 6) is 0.561. The highest BCUT2D eigenvalue weighted by Gasteiger charge is 2.21. The fourth-order valence-electron chi connectivity index (χ4n) is 2.80. The van der Waals surface area contributed by atoms with E-state index in [0.29, 0.717) is 36.4 Å². The van der Waals surface area contributed by atoms with Gasteiger partial charge in [0.05, 0.1) is 11.8 Å². The van der Waals surface area contributed by atoms with Crippen LogP contribution in [0, 0.1) is 0 Å². The highest BCUT2D eigenvalue weighted by atomic mass is 19.1. The van der Waals surface area contributed by atoms with Crippen molar-refractivity contribution in [1.29, 1.82) is 0 Å². The molecule has 1 aliphatic rings. The molecule has 0 unspecified atom stereocenters. The Hall–Kier alpha value is -2.51. The van der Waals surface area contributed by atoms with Gasteiger partial charge < -0.3 is 20.3 Å². The van der Waals surface area contributed by atoms with Gasteiger partial charge in [0, 0.05) is 43.7 Å². The number of piperazine rings is 1. The summed E-state index contributed by atoms with van der Waals surface area (Å²) in [6.07, 6.45) is 0.471. The average molecular weight is 358 g/mol. The Morgan fingerprint density at radius 2 is 2.04 bits per heavy atom. The first-order valence-electron chi connectivity index (χ1n) is 8.60. The van der Waals surface area contributed by atoms with Gasteiger partial charge in [-0.1, -0.05) is 6.07 Å². The normalized spacial score (nSPS) is 16.1. The van der Waals surface area contributed by atoms with Crippen molar-refractivity contribution in [1.82, 2.24) is 14.8 Å². The molecular formula is C19H23FN4O2. The molecule has 0 bridgehead atoms. The number of carbonyl (C=O) groups is 1. The van der Waals surface area contributed by atoms with E-state index in [1.165, 1.54) is 0 Å². The number of likely N-dealkylation sites (N-methyl/N-ethyl adjacent to an activating group) is 1. The molecule has 0 spiro atoms. The van der Waals surface area contributed by atoms with Crippen LogP contribution in [0.4, 0.5) is 4.39 Å². The predicted octanol–water partition coefficient (Wildman–Crippen LogP) is 1.81. The molecule has 0 atom stereocenters. The van der Waals surface area contributed by atoms with Crippen LogP contribution in [0.25, 0.3) is 10.9 Å². The van der Waals surface area contributed by atoms with Crippen molar-refractivity contribution in [2.45, 2.75) is 0 Å². The van der Waals surface area contributed by atoms with Gasteiger partial charge in [-0.05, 0) is 31.3 Å². The molecule has 3 rings (SSSR count). The van der Waals surface area contributed by atoms with Gasteiger partial charge in [-0.2, -0.15) is 0 Å². The Morgan fingerprint density at radius 1 is 1.27 bits per heavy atom.